The number of hydrogen-bond donors (Lipinski definition) is 0. The molecule has 0 bridgehead atoms. The summed E-state index contributed by atoms with van der Waals surface area (Å²) in [7, 11) is 0. The number of carbonyl (C=O) groups is 1. The molecule has 1 aromatic rings. The van der Waals surface area contributed by atoms with Crippen LogP contribution in [0.3, 0.4) is 0 Å². The van der Waals surface area contributed by atoms with E-state index in [4.69, 9.17) is 5.26 Å². The first-order valence-corrected chi connectivity index (χ1v) is 7.30. The molecule has 0 amide bonds. The molecule has 3 nitrogen and oxygen atoms in total. The molecule has 4 heteroatoms. The molecule has 0 aliphatic carbocycles. The molecule has 0 atom stereocenters. The normalized spacial score (nSPS) is 17.6. The van der Waals surface area contributed by atoms with Crippen LogP contribution in [0.4, 0.5) is 0 Å². The first-order chi connectivity index (χ1) is 8.72. The van der Waals surface area contributed by atoms with E-state index in [9.17, 15) is 4.79 Å². The van der Waals surface area contributed by atoms with Crippen LogP contribution in [0.2, 0.25) is 0 Å². The van der Waals surface area contributed by atoms with E-state index < -0.39 is 0 Å². The minimum Gasteiger partial charge on any atom is -0.296 e. The van der Waals surface area contributed by atoms with Crippen molar-refractivity contribution in [1.29, 1.82) is 5.26 Å². The van der Waals surface area contributed by atoms with Gasteiger partial charge in [0.15, 0.2) is 5.78 Å². The Balaban J connectivity index is 1.87. The van der Waals surface area contributed by atoms with Gasteiger partial charge in [-0.25, -0.2) is 0 Å². The van der Waals surface area contributed by atoms with Crippen LogP contribution in [-0.4, -0.2) is 30.3 Å². The molecule has 1 aromatic heterocycles. The quantitative estimate of drug-likeness (QED) is 0.784. The monoisotopic (exact) mass is 262 g/mol. The van der Waals surface area contributed by atoms with Crippen molar-refractivity contribution in [3.05, 3.63) is 21.9 Å². The average molecular weight is 262 g/mol. The molecule has 0 N–H and O–H groups in total. The lowest BCUT2D eigenvalue weighted by Gasteiger charge is -2.30. The van der Waals surface area contributed by atoms with E-state index in [1.807, 2.05) is 0 Å². The Morgan fingerprint density at radius 2 is 2.22 bits per heavy atom. The lowest BCUT2D eigenvalue weighted by atomic mass is 9.94. The second-order valence-corrected chi connectivity index (χ2v) is 5.91. The standard InChI is InChI=1S/C14H18N2OS/c1-2-11-5-7-16(8-6-11)10-13(17)14-4-3-12(9-15)18-14/h3-4,11H,2,5-8,10H2,1H3. The molecule has 96 valence electrons. The van der Waals surface area contributed by atoms with Gasteiger partial charge in [-0.3, -0.25) is 9.69 Å². The Morgan fingerprint density at radius 3 is 2.78 bits per heavy atom. The van der Waals surface area contributed by atoms with Gasteiger partial charge in [-0.15, -0.1) is 11.3 Å². The molecule has 2 rings (SSSR count). The maximum absolute atomic E-state index is 12.1. The van der Waals surface area contributed by atoms with Gasteiger partial charge in [0.2, 0.25) is 0 Å². The molecule has 0 unspecified atom stereocenters. The van der Waals surface area contributed by atoms with Crippen molar-refractivity contribution in [2.24, 2.45) is 5.92 Å². The first kappa shape index (κ1) is 13.3. The third-order valence-electron chi connectivity index (χ3n) is 3.64. The summed E-state index contributed by atoms with van der Waals surface area (Å²) in [5.74, 6) is 0.986. The Bertz CT molecular complexity index is 453. The summed E-state index contributed by atoms with van der Waals surface area (Å²) in [6, 6.07) is 5.56. The van der Waals surface area contributed by atoms with E-state index in [0.29, 0.717) is 16.3 Å². The molecule has 1 aliphatic heterocycles. The van der Waals surface area contributed by atoms with Gasteiger partial charge in [0.1, 0.15) is 10.9 Å². The molecular formula is C14H18N2OS. The second kappa shape index (κ2) is 6.12. The van der Waals surface area contributed by atoms with E-state index in [-0.39, 0.29) is 5.78 Å². The predicted octanol–water partition coefficient (Wildman–Crippen LogP) is 2.92. The second-order valence-electron chi connectivity index (χ2n) is 4.83. The molecule has 18 heavy (non-hydrogen) atoms. The van der Waals surface area contributed by atoms with Crippen LogP contribution in [-0.2, 0) is 0 Å². The van der Waals surface area contributed by atoms with Crippen LogP contribution in [0.15, 0.2) is 12.1 Å². The summed E-state index contributed by atoms with van der Waals surface area (Å²) in [5, 5.41) is 8.75. The summed E-state index contributed by atoms with van der Waals surface area (Å²) in [4.78, 5) is 15.6. The number of rotatable bonds is 4. The number of likely N-dealkylation sites (tertiary alicyclic amines) is 1. The van der Waals surface area contributed by atoms with Gasteiger partial charge in [0, 0.05) is 0 Å². The minimum atomic E-state index is 0.149. The zero-order valence-corrected chi connectivity index (χ0v) is 11.5. The summed E-state index contributed by atoms with van der Waals surface area (Å²) in [6.07, 6.45) is 3.66. The average Bonchev–Trinajstić information content (AvgIpc) is 2.88. The number of thiophene rings is 1. The van der Waals surface area contributed by atoms with Crippen molar-refractivity contribution in [1.82, 2.24) is 4.90 Å². The summed E-state index contributed by atoms with van der Waals surface area (Å²) < 4.78 is 0. The highest BCUT2D eigenvalue weighted by Crippen LogP contribution is 2.21. The molecule has 1 aliphatic rings. The number of nitriles is 1. The minimum absolute atomic E-state index is 0.149. The molecule has 0 saturated carbocycles. The highest BCUT2D eigenvalue weighted by atomic mass is 32.1. The maximum Gasteiger partial charge on any atom is 0.186 e. The van der Waals surface area contributed by atoms with Crippen LogP contribution in [0.25, 0.3) is 0 Å². The number of hydrogen-bond acceptors (Lipinski definition) is 4. The van der Waals surface area contributed by atoms with Crippen molar-refractivity contribution in [3.8, 4) is 6.07 Å². The van der Waals surface area contributed by atoms with Crippen LogP contribution in [0.5, 0.6) is 0 Å². The number of nitrogens with zero attached hydrogens (tertiary/aromatic N) is 2. The van der Waals surface area contributed by atoms with Gasteiger partial charge >= 0.3 is 0 Å². The van der Waals surface area contributed by atoms with E-state index >= 15 is 0 Å². The highest BCUT2D eigenvalue weighted by molar-refractivity contribution is 7.14. The molecule has 2 heterocycles. The van der Waals surface area contributed by atoms with E-state index in [1.54, 1.807) is 12.1 Å². The highest BCUT2D eigenvalue weighted by Gasteiger charge is 2.20. The summed E-state index contributed by atoms with van der Waals surface area (Å²) in [5.41, 5.74) is 0. The van der Waals surface area contributed by atoms with Gasteiger partial charge < -0.3 is 0 Å². The molecular weight excluding hydrogens is 244 g/mol. The summed E-state index contributed by atoms with van der Waals surface area (Å²) >= 11 is 1.30. The lowest BCUT2D eigenvalue weighted by molar-refractivity contribution is 0.0898. The molecule has 0 aromatic carbocycles. The van der Waals surface area contributed by atoms with Crippen LogP contribution < -0.4 is 0 Å². The van der Waals surface area contributed by atoms with Crippen molar-refractivity contribution >= 4 is 17.1 Å². The Kier molecular flexibility index (Phi) is 4.51. The van der Waals surface area contributed by atoms with E-state index in [0.717, 1.165) is 19.0 Å². The van der Waals surface area contributed by atoms with Crippen molar-refractivity contribution < 1.29 is 4.79 Å². The SMILES string of the molecule is CCC1CCN(CC(=O)c2ccc(C#N)s2)CC1. The zero-order chi connectivity index (χ0) is 13.0. The third-order valence-corrected chi connectivity index (χ3v) is 4.67. The van der Waals surface area contributed by atoms with Gasteiger partial charge in [-0.1, -0.05) is 13.3 Å². The number of Topliss-reactive ketones (excluding diaryl/α,β-unsaturated/α-hetero) is 1. The fourth-order valence-corrected chi connectivity index (χ4v) is 3.11. The lowest BCUT2D eigenvalue weighted by Crippen LogP contribution is -2.37. The van der Waals surface area contributed by atoms with Crippen molar-refractivity contribution in [2.75, 3.05) is 19.6 Å². The number of piperidine rings is 1. The maximum atomic E-state index is 12.1. The Morgan fingerprint density at radius 1 is 1.50 bits per heavy atom. The van der Waals surface area contributed by atoms with E-state index in [1.165, 1.54) is 30.6 Å². The number of ketones is 1. The number of carbonyl (C=O) groups excluding carboxylic acids is 1. The van der Waals surface area contributed by atoms with E-state index in [2.05, 4.69) is 17.9 Å². The van der Waals surface area contributed by atoms with Crippen molar-refractivity contribution in [3.63, 3.8) is 0 Å². The fourth-order valence-electron chi connectivity index (χ4n) is 2.38. The molecule has 1 fully saturated rings. The Hall–Kier alpha value is -1.18. The van der Waals surface area contributed by atoms with Crippen LogP contribution >= 0.6 is 11.3 Å². The van der Waals surface area contributed by atoms with Crippen LogP contribution in [0, 0.1) is 17.2 Å². The zero-order valence-electron chi connectivity index (χ0n) is 10.7. The van der Waals surface area contributed by atoms with Gasteiger partial charge in [-0.2, -0.15) is 5.26 Å². The first-order valence-electron chi connectivity index (χ1n) is 6.48. The topological polar surface area (TPSA) is 44.1 Å². The predicted molar refractivity (Wildman–Crippen MR) is 72.8 cm³/mol. The third kappa shape index (κ3) is 3.18. The molecule has 0 radical (unpaired) electrons. The van der Waals surface area contributed by atoms with Crippen LogP contribution in [0.1, 0.15) is 40.7 Å². The van der Waals surface area contributed by atoms with Gasteiger partial charge in [-0.05, 0) is 44.0 Å². The molecule has 0 spiro atoms. The Labute approximate surface area is 112 Å². The largest absolute Gasteiger partial charge is 0.296 e. The fraction of sp³-hybridized carbons (Fsp3) is 0.571. The smallest absolute Gasteiger partial charge is 0.186 e. The van der Waals surface area contributed by atoms with Gasteiger partial charge in [0.05, 0.1) is 11.4 Å². The van der Waals surface area contributed by atoms with Gasteiger partial charge in [0.25, 0.3) is 0 Å². The van der Waals surface area contributed by atoms with Crippen molar-refractivity contribution in [2.45, 2.75) is 26.2 Å². The molecule has 1 saturated heterocycles. The summed E-state index contributed by atoms with van der Waals surface area (Å²) in [6.45, 7) is 4.80.